The van der Waals surface area contributed by atoms with Crippen molar-refractivity contribution in [2.75, 3.05) is 13.1 Å². The minimum Gasteiger partial charge on any atom is -0.329 e. The lowest BCUT2D eigenvalue weighted by Crippen LogP contribution is -2.44. The average Bonchev–Trinajstić information content (AvgIpc) is 2.81. The highest BCUT2D eigenvalue weighted by Crippen LogP contribution is 2.30. The average molecular weight is 250 g/mol. The van der Waals surface area contributed by atoms with E-state index in [-0.39, 0.29) is 0 Å². The molecule has 4 nitrogen and oxygen atoms in total. The minimum atomic E-state index is 0.327. The SMILES string of the molecule is CCn1cc(C(CN)N2CCC(C)CC2C)cn1. The smallest absolute Gasteiger partial charge is 0.0538 e. The molecule has 3 unspecified atom stereocenters. The van der Waals surface area contributed by atoms with Gasteiger partial charge in [-0.2, -0.15) is 5.10 Å². The Morgan fingerprint density at radius 1 is 1.50 bits per heavy atom. The summed E-state index contributed by atoms with van der Waals surface area (Å²) in [6.45, 7) is 9.53. The van der Waals surface area contributed by atoms with Crippen molar-refractivity contribution in [3.05, 3.63) is 18.0 Å². The van der Waals surface area contributed by atoms with E-state index in [0.29, 0.717) is 18.6 Å². The first kappa shape index (κ1) is 13.6. The Kier molecular flexibility index (Phi) is 4.40. The summed E-state index contributed by atoms with van der Waals surface area (Å²) >= 11 is 0. The molecule has 0 aliphatic carbocycles. The van der Waals surface area contributed by atoms with Gasteiger partial charge in [0.1, 0.15) is 0 Å². The Morgan fingerprint density at radius 2 is 2.28 bits per heavy atom. The first-order valence-corrected chi connectivity index (χ1v) is 7.13. The third-order valence-corrected chi connectivity index (χ3v) is 4.18. The maximum Gasteiger partial charge on any atom is 0.0538 e. The first-order chi connectivity index (χ1) is 8.65. The van der Waals surface area contributed by atoms with Gasteiger partial charge in [0.15, 0.2) is 0 Å². The van der Waals surface area contributed by atoms with E-state index in [0.717, 1.165) is 19.0 Å². The molecule has 1 fully saturated rings. The highest BCUT2D eigenvalue weighted by Gasteiger charge is 2.29. The Balaban J connectivity index is 2.12. The summed E-state index contributed by atoms with van der Waals surface area (Å²) < 4.78 is 1.98. The van der Waals surface area contributed by atoms with Crippen LogP contribution in [0.1, 0.15) is 45.2 Å². The van der Waals surface area contributed by atoms with E-state index >= 15 is 0 Å². The molecular weight excluding hydrogens is 224 g/mol. The van der Waals surface area contributed by atoms with Crippen LogP contribution in [0.15, 0.2) is 12.4 Å². The summed E-state index contributed by atoms with van der Waals surface area (Å²) in [6, 6.07) is 0.945. The van der Waals surface area contributed by atoms with Crippen LogP contribution in [0.5, 0.6) is 0 Å². The van der Waals surface area contributed by atoms with E-state index in [1.807, 2.05) is 10.9 Å². The second kappa shape index (κ2) is 5.85. The van der Waals surface area contributed by atoms with Crippen molar-refractivity contribution in [3.63, 3.8) is 0 Å². The van der Waals surface area contributed by atoms with Gasteiger partial charge in [-0.1, -0.05) is 6.92 Å². The molecule has 0 spiro atoms. The number of hydrogen-bond donors (Lipinski definition) is 1. The van der Waals surface area contributed by atoms with Gasteiger partial charge in [-0.3, -0.25) is 9.58 Å². The zero-order valence-corrected chi connectivity index (χ0v) is 11.8. The summed E-state index contributed by atoms with van der Waals surface area (Å²) in [6.07, 6.45) is 6.68. The monoisotopic (exact) mass is 250 g/mol. The number of likely N-dealkylation sites (tertiary alicyclic amines) is 1. The van der Waals surface area contributed by atoms with E-state index in [2.05, 4.69) is 37.0 Å². The molecule has 2 heterocycles. The van der Waals surface area contributed by atoms with Gasteiger partial charge >= 0.3 is 0 Å². The second-order valence-corrected chi connectivity index (χ2v) is 5.60. The van der Waals surface area contributed by atoms with Crippen LogP contribution in [0.25, 0.3) is 0 Å². The molecule has 1 aromatic rings. The summed E-state index contributed by atoms with van der Waals surface area (Å²) in [4.78, 5) is 2.55. The van der Waals surface area contributed by atoms with Crippen molar-refractivity contribution in [2.24, 2.45) is 11.7 Å². The van der Waals surface area contributed by atoms with Gasteiger partial charge in [0.2, 0.25) is 0 Å². The zero-order chi connectivity index (χ0) is 13.1. The summed E-state index contributed by atoms with van der Waals surface area (Å²) in [5.74, 6) is 0.841. The molecule has 0 aromatic carbocycles. The van der Waals surface area contributed by atoms with Gasteiger partial charge in [0, 0.05) is 30.9 Å². The lowest BCUT2D eigenvalue weighted by Gasteiger charge is -2.41. The van der Waals surface area contributed by atoms with Crippen LogP contribution >= 0.6 is 0 Å². The molecule has 2 rings (SSSR count). The molecule has 102 valence electrons. The second-order valence-electron chi connectivity index (χ2n) is 5.60. The Morgan fingerprint density at radius 3 is 2.83 bits per heavy atom. The molecule has 1 saturated heterocycles. The summed E-state index contributed by atoms with van der Waals surface area (Å²) in [5.41, 5.74) is 7.27. The molecular formula is C14H26N4. The van der Waals surface area contributed by atoms with Crippen molar-refractivity contribution in [1.82, 2.24) is 14.7 Å². The van der Waals surface area contributed by atoms with Crippen molar-refractivity contribution in [2.45, 2.75) is 52.2 Å². The highest BCUT2D eigenvalue weighted by molar-refractivity contribution is 5.12. The zero-order valence-electron chi connectivity index (χ0n) is 11.8. The van der Waals surface area contributed by atoms with Gasteiger partial charge in [-0.25, -0.2) is 0 Å². The number of nitrogens with two attached hydrogens (primary N) is 1. The van der Waals surface area contributed by atoms with Crippen LogP contribution in [-0.4, -0.2) is 33.8 Å². The van der Waals surface area contributed by atoms with E-state index in [1.54, 1.807) is 0 Å². The maximum absolute atomic E-state index is 6.00. The molecule has 1 aromatic heterocycles. The maximum atomic E-state index is 6.00. The molecule has 0 radical (unpaired) electrons. The Labute approximate surface area is 110 Å². The fraction of sp³-hybridized carbons (Fsp3) is 0.786. The topological polar surface area (TPSA) is 47.1 Å². The normalized spacial score (nSPS) is 27.3. The number of aryl methyl sites for hydroxylation is 1. The van der Waals surface area contributed by atoms with E-state index in [1.165, 1.54) is 18.4 Å². The third kappa shape index (κ3) is 2.75. The molecule has 0 saturated carbocycles. The molecule has 1 aliphatic heterocycles. The van der Waals surface area contributed by atoms with E-state index < -0.39 is 0 Å². The number of aromatic nitrogens is 2. The third-order valence-electron chi connectivity index (χ3n) is 4.18. The Bertz CT molecular complexity index is 374. The molecule has 0 bridgehead atoms. The number of piperidine rings is 1. The van der Waals surface area contributed by atoms with Crippen LogP contribution in [0.4, 0.5) is 0 Å². The van der Waals surface area contributed by atoms with Crippen molar-refractivity contribution < 1.29 is 0 Å². The van der Waals surface area contributed by atoms with E-state index in [9.17, 15) is 0 Å². The predicted octanol–water partition coefficient (Wildman–Crippen LogP) is 2.02. The summed E-state index contributed by atoms with van der Waals surface area (Å²) in [7, 11) is 0. The molecule has 0 amide bonds. The quantitative estimate of drug-likeness (QED) is 0.889. The van der Waals surface area contributed by atoms with Crippen molar-refractivity contribution in [3.8, 4) is 0 Å². The minimum absolute atomic E-state index is 0.327. The fourth-order valence-electron chi connectivity index (χ4n) is 3.08. The van der Waals surface area contributed by atoms with Crippen molar-refractivity contribution in [1.29, 1.82) is 0 Å². The number of rotatable bonds is 4. The van der Waals surface area contributed by atoms with Gasteiger partial charge in [-0.15, -0.1) is 0 Å². The first-order valence-electron chi connectivity index (χ1n) is 7.13. The standard InChI is InChI=1S/C14H26N4/c1-4-17-10-13(9-16-17)14(8-15)18-6-5-11(2)7-12(18)3/h9-12,14H,4-8,15H2,1-3H3. The van der Waals surface area contributed by atoms with Gasteiger partial charge in [0.25, 0.3) is 0 Å². The van der Waals surface area contributed by atoms with Crippen LogP contribution < -0.4 is 5.73 Å². The Hall–Kier alpha value is -0.870. The van der Waals surface area contributed by atoms with Crippen LogP contribution in [0.3, 0.4) is 0 Å². The van der Waals surface area contributed by atoms with Gasteiger partial charge in [-0.05, 0) is 39.2 Å². The number of nitrogens with zero attached hydrogens (tertiary/aromatic N) is 3. The van der Waals surface area contributed by atoms with Gasteiger partial charge in [0.05, 0.1) is 12.2 Å². The lowest BCUT2D eigenvalue weighted by atomic mass is 9.91. The van der Waals surface area contributed by atoms with E-state index in [4.69, 9.17) is 5.73 Å². The highest BCUT2D eigenvalue weighted by atomic mass is 15.3. The van der Waals surface area contributed by atoms with Crippen LogP contribution in [0.2, 0.25) is 0 Å². The molecule has 1 aliphatic rings. The molecule has 4 heteroatoms. The molecule has 18 heavy (non-hydrogen) atoms. The molecule has 2 N–H and O–H groups in total. The van der Waals surface area contributed by atoms with Crippen LogP contribution in [0, 0.1) is 5.92 Å². The van der Waals surface area contributed by atoms with Gasteiger partial charge < -0.3 is 5.73 Å². The predicted molar refractivity (Wildman–Crippen MR) is 74.3 cm³/mol. The van der Waals surface area contributed by atoms with Crippen molar-refractivity contribution >= 4 is 0 Å². The van der Waals surface area contributed by atoms with Crippen LogP contribution in [-0.2, 0) is 6.54 Å². The molecule has 3 atom stereocenters. The fourth-order valence-corrected chi connectivity index (χ4v) is 3.08. The lowest BCUT2D eigenvalue weighted by molar-refractivity contribution is 0.0847. The summed E-state index contributed by atoms with van der Waals surface area (Å²) in [5, 5.41) is 4.37. The largest absolute Gasteiger partial charge is 0.329 e. The number of hydrogen-bond acceptors (Lipinski definition) is 3.